The SMILES string of the molecule is Cc1cc(C)c(-c2cc(C)c(F)c([C@@H](N)CC(=O)O)c2F)c(F)c1. The first-order valence-electron chi connectivity index (χ1n) is 7.36. The van der Waals surface area contributed by atoms with Gasteiger partial charge in [0.15, 0.2) is 0 Å². The highest BCUT2D eigenvalue weighted by Gasteiger charge is 2.26. The Kier molecular flexibility index (Phi) is 4.99. The van der Waals surface area contributed by atoms with Crippen LogP contribution in [0.3, 0.4) is 0 Å². The lowest BCUT2D eigenvalue weighted by Gasteiger charge is -2.18. The van der Waals surface area contributed by atoms with E-state index < -0.39 is 41.4 Å². The Labute approximate surface area is 137 Å². The average molecular weight is 337 g/mol. The summed E-state index contributed by atoms with van der Waals surface area (Å²) < 4.78 is 43.6. The van der Waals surface area contributed by atoms with E-state index in [1.807, 2.05) is 0 Å². The number of benzene rings is 2. The number of carbonyl (C=O) groups is 1. The second-order valence-corrected chi connectivity index (χ2v) is 5.93. The Balaban J connectivity index is 2.74. The summed E-state index contributed by atoms with van der Waals surface area (Å²) in [4.78, 5) is 10.8. The molecule has 0 unspecified atom stereocenters. The lowest BCUT2D eigenvalue weighted by molar-refractivity contribution is -0.137. The highest BCUT2D eigenvalue weighted by molar-refractivity contribution is 5.72. The van der Waals surface area contributed by atoms with Gasteiger partial charge in [0, 0.05) is 22.7 Å². The van der Waals surface area contributed by atoms with Crippen molar-refractivity contribution in [3.8, 4) is 11.1 Å². The summed E-state index contributed by atoms with van der Waals surface area (Å²) in [6.45, 7) is 4.73. The zero-order valence-corrected chi connectivity index (χ0v) is 13.6. The van der Waals surface area contributed by atoms with Gasteiger partial charge in [-0.1, -0.05) is 6.07 Å². The number of hydrogen-bond acceptors (Lipinski definition) is 2. The van der Waals surface area contributed by atoms with Crippen molar-refractivity contribution < 1.29 is 23.1 Å². The Bertz CT molecular complexity index is 795. The fraction of sp³-hybridized carbons (Fsp3) is 0.278. The van der Waals surface area contributed by atoms with E-state index in [0.29, 0.717) is 11.1 Å². The van der Waals surface area contributed by atoms with Crippen molar-refractivity contribution in [2.24, 2.45) is 5.73 Å². The Morgan fingerprint density at radius 3 is 2.25 bits per heavy atom. The van der Waals surface area contributed by atoms with Crippen LogP contribution in [0.4, 0.5) is 13.2 Å². The van der Waals surface area contributed by atoms with E-state index in [1.165, 1.54) is 19.1 Å². The van der Waals surface area contributed by atoms with Gasteiger partial charge >= 0.3 is 5.97 Å². The maximum absolute atomic E-state index is 14.9. The van der Waals surface area contributed by atoms with Crippen molar-refractivity contribution in [2.75, 3.05) is 0 Å². The molecular formula is C18H18F3NO2. The molecule has 0 aliphatic rings. The van der Waals surface area contributed by atoms with Gasteiger partial charge in [-0.15, -0.1) is 0 Å². The van der Waals surface area contributed by atoms with Gasteiger partial charge in [-0.2, -0.15) is 0 Å². The molecule has 2 aromatic carbocycles. The van der Waals surface area contributed by atoms with Crippen LogP contribution >= 0.6 is 0 Å². The Morgan fingerprint density at radius 2 is 1.71 bits per heavy atom. The molecule has 0 amide bonds. The molecular weight excluding hydrogens is 319 g/mol. The first-order valence-corrected chi connectivity index (χ1v) is 7.36. The van der Waals surface area contributed by atoms with E-state index >= 15 is 0 Å². The predicted octanol–water partition coefficient (Wildman–Crippen LogP) is 4.17. The molecule has 0 spiro atoms. The molecule has 2 aromatic rings. The third kappa shape index (κ3) is 3.28. The molecule has 0 aliphatic carbocycles. The first-order chi connectivity index (χ1) is 11.1. The van der Waals surface area contributed by atoms with Crippen LogP contribution in [0.1, 0.15) is 34.7 Å². The van der Waals surface area contributed by atoms with Crippen LogP contribution < -0.4 is 5.73 Å². The number of halogens is 3. The molecule has 3 N–H and O–H groups in total. The number of aliphatic carboxylic acids is 1. The molecule has 6 heteroatoms. The minimum Gasteiger partial charge on any atom is -0.481 e. The van der Waals surface area contributed by atoms with Crippen LogP contribution in [0.5, 0.6) is 0 Å². The minimum atomic E-state index is -1.37. The van der Waals surface area contributed by atoms with Crippen molar-refractivity contribution in [1.29, 1.82) is 0 Å². The van der Waals surface area contributed by atoms with Crippen molar-refractivity contribution in [3.63, 3.8) is 0 Å². The summed E-state index contributed by atoms with van der Waals surface area (Å²) >= 11 is 0. The van der Waals surface area contributed by atoms with Gasteiger partial charge in [0.2, 0.25) is 0 Å². The molecule has 0 fully saturated rings. The largest absolute Gasteiger partial charge is 0.481 e. The van der Waals surface area contributed by atoms with Crippen LogP contribution in [0.25, 0.3) is 11.1 Å². The van der Waals surface area contributed by atoms with E-state index in [0.717, 1.165) is 0 Å². The summed E-state index contributed by atoms with van der Waals surface area (Å²) in [5.74, 6) is -3.84. The number of carboxylic acids is 1. The molecule has 0 saturated heterocycles. The van der Waals surface area contributed by atoms with Gasteiger partial charge in [0.05, 0.1) is 6.42 Å². The summed E-state index contributed by atoms with van der Waals surface area (Å²) in [6.07, 6.45) is -0.633. The normalized spacial score (nSPS) is 12.3. The van der Waals surface area contributed by atoms with Crippen molar-refractivity contribution in [2.45, 2.75) is 33.2 Å². The zero-order chi connectivity index (χ0) is 18.2. The number of nitrogens with two attached hydrogens (primary N) is 1. The number of carboxylic acid groups (broad SMARTS) is 1. The van der Waals surface area contributed by atoms with Crippen LogP contribution in [0.15, 0.2) is 18.2 Å². The van der Waals surface area contributed by atoms with Crippen LogP contribution in [-0.4, -0.2) is 11.1 Å². The monoisotopic (exact) mass is 337 g/mol. The fourth-order valence-corrected chi connectivity index (χ4v) is 2.85. The molecule has 128 valence electrons. The van der Waals surface area contributed by atoms with E-state index in [1.54, 1.807) is 19.9 Å². The highest BCUT2D eigenvalue weighted by atomic mass is 19.1. The van der Waals surface area contributed by atoms with Gasteiger partial charge < -0.3 is 10.8 Å². The highest BCUT2D eigenvalue weighted by Crippen LogP contribution is 2.35. The van der Waals surface area contributed by atoms with E-state index in [-0.39, 0.29) is 16.7 Å². The zero-order valence-electron chi connectivity index (χ0n) is 13.6. The van der Waals surface area contributed by atoms with Crippen LogP contribution in [0, 0.1) is 38.2 Å². The van der Waals surface area contributed by atoms with Gasteiger partial charge in [0.1, 0.15) is 17.5 Å². The quantitative estimate of drug-likeness (QED) is 0.880. The number of hydrogen-bond donors (Lipinski definition) is 2. The third-order valence-electron chi connectivity index (χ3n) is 3.88. The lowest BCUT2D eigenvalue weighted by atomic mass is 9.91. The number of aryl methyl sites for hydroxylation is 3. The van der Waals surface area contributed by atoms with Crippen molar-refractivity contribution in [1.82, 2.24) is 0 Å². The standard InChI is InChI=1S/C18H18F3NO2/c1-8-4-9(2)15(12(19)5-8)11-6-10(3)17(20)16(18(11)21)13(22)7-14(23)24/h4-6,13H,7,22H2,1-3H3,(H,23,24)/t13-/m0/s1. The summed E-state index contributed by atoms with van der Waals surface area (Å²) in [5.41, 5.74) is 6.26. The van der Waals surface area contributed by atoms with Crippen LogP contribution in [0.2, 0.25) is 0 Å². The van der Waals surface area contributed by atoms with Gasteiger partial charge in [-0.3, -0.25) is 4.79 Å². The van der Waals surface area contributed by atoms with Gasteiger partial charge in [-0.25, -0.2) is 13.2 Å². The second kappa shape index (κ2) is 6.65. The summed E-state index contributed by atoms with van der Waals surface area (Å²) in [7, 11) is 0. The Hall–Kier alpha value is -2.34. The maximum atomic E-state index is 14.9. The number of rotatable bonds is 4. The molecule has 0 saturated carbocycles. The summed E-state index contributed by atoms with van der Waals surface area (Å²) in [6, 6.07) is 2.79. The third-order valence-corrected chi connectivity index (χ3v) is 3.88. The Morgan fingerprint density at radius 1 is 1.08 bits per heavy atom. The van der Waals surface area contributed by atoms with Gasteiger partial charge in [0.25, 0.3) is 0 Å². The van der Waals surface area contributed by atoms with E-state index in [9.17, 15) is 18.0 Å². The van der Waals surface area contributed by atoms with Crippen LogP contribution in [-0.2, 0) is 4.79 Å². The molecule has 3 nitrogen and oxygen atoms in total. The topological polar surface area (TPSA) is 63.3 Å². The molecule has 0 bridgehead atoms. The molecule has 0 aliphatic heterocycles. The summed E-state index contributed by atoms with van der Waals surface area (Å²) in [5, 5.41) is 8.82. The molecule has 2 rings (SSSR count). The first kappa shape index (κ1) is 18.0. The van der Waals surface area contributed by atoms with Gasteiger partial charge in [-0.05, 0) is 49.6 Å². The maximum Gasteiger partial charge on any atom is 0.305 e. The fourth-order valence-electron chi connectivity index (χ4n) is 2.85. The molecule has 0 heterocycles. The second-order valence-electron chi connectivity index (χ2n) is 5.93. The van der Waals surface area contributed by atoms with E-state index in [4.69, 9.17) is 10.8 Å². The predicted molar refractivity (Wildman–Crippen MR) is 85.1 cm³/mol. The smallest absolute Gasteiger partial charge is 0.305 e. The van der Waals surface area contributed by atoms with E-state index in [2.05, 4.69) is 0 Å². The minimum absolute atomic E-state index is 0.0185. The molecule has 0 radical (unpaired) electrons. The van der Waals surface area contributed by atoms with Crippen molar-refractivity contribution in [3.05, 3.63) is 57.9 Å². The molecule has 24 heavy (non-hydrogen) atoms. The lowest BCUT2D eigenvalue weighted by Crippen LogP contribution is -2.19. The van der Waals surface area contributed by atoms with Crippen molar-refractivity contribution >= 4 is 5.97 Å². The average Bonchev–Trinajstić information content (AvgIpc) is 2.42. The molecule has 1 atom stereocenters. The molecule has 0 aromatic heterocycles.